The normalized spacial score (nSPS) is 16.4. The summed E-state index contributed by atoms with van der Waals surface area (Å²) in [7, 11) is 0. The Morgan fingerprint density at radius 3 is 2.03 bits per heavy atom. The first-order valence-electron chi connectivity index (χ1n) is 11.0. The maximum atomic E-state index is 13.0. The Morgan fingerprint density at radius 1 is 0.750 bits per heavy atom. The first kappa shape index (κ1) is 22.2. The number of pyridine rings is 1. The smallest absolute Gasteiger partial charge is 0.261 e. The van der Waals surface area contributed by atoms with E-state index in [9.17, 15) is 9.59 Å². The summed E-state index contributed by atoms with van der Waals surface area (Å²) in [6.45, 7) is 5.41. The summed E-state index contributed by atoms with van der Waals surface area (Å²) in [6, 6.07) is 17.4. The lowest BCUT2D eigenvalue weighted by Crippen LogP contribution is -2.47. The highest BCUT2D eigenvalue weighted by molar-refractivity contribution is 6.25. The maximum Gasteiger partial charge on any atom is 0.261 e. The van der Waals surface area contributed by atoms with E-state index in [2.05, 4.69) is 20.9 Å². The molecular weight excluding hydrogens is 424 g/mol. The molecule has 0 aliphatic carbocycles. The molecule has 0 unspecified atom stereocenters. The number of benzene rings is 2. The van der Waals surface area contributed by atoms with E-state index in [1.165, 1.54) is 4.90 Å². The molecule has 3 heterocycles. The maximum absolute atomic E-state index is 13.0. The summed E-state index contributed by atoms with van der Waals surface area (Å²) in [5.41, 5.74) is 1.27. The number of aromatic nitrogens is 1. The standard InChI is InChI=1S/C25H26N4O2.ClH/c30-24-20-9-5-7-19-8-6-10-21(23(19)20)25(31)29(24)14-4-3-13-27-15-17-28(18-16-27)22-11-1-2-12-26-22;/h1-2,5-12H,3-4,13-18H2;1H. The summed E-state index contributed by atoms with van der Waals surface area (Å²) < 4.78 is 0. The molecule has 32 heavy (non-hydrogen) atoms. The van der Waals surface area contributed by atoms with E-state index in [-0.39, 0.29) is 24.2 Å². The molecular formula is C25H27ClN4O2. The number of carbonyl (C=O) groups is 2. The van der Waals surface area contributed by atoms with Crippen molar-refractivity contribution in [1.29, 1.82) is 0 Å². The Balaban J connectivity index is 0.00000245. The van der Waals surface area contributed by atoms with Crippen LogP contribution in [-0.2, 0) is 0 Å². The lowest BCUT2D eigenvalue weighted by Gasteiger charge is -2.35. The number of anilines is 1. The number of unbranched alkanes of at least 4 members (excludes halogenated alkanes) is 1. The van der Waals surface area contributed by atoms with Gasteiger partial charge in [0.2, 0.25) is 0 Å². The quantitative estimate of drug-likeness (QED) is 0.421. The summed E-state index contributed by atoms with van der Waals surface area (Å²) in [4.78, 5) is 36.6. The van der Waals surface area contributed by atoms with Crippen LogP contribution >= 0.6 is 12.4 Å². The lowest BCUT2D eigenvalue weighted by atomic mass is 9.94. The Bertz CT molecular complexity index is 1060. The topological polar surface area (TPSA) is 56.8 Å². The molecule has 0 atom stereocenters. The van der Waals surface area contributed by atoms with E-state index in [0.717, 1.165) is 62.2 Å². The van der Waals surface area contributed by atoms with Gasteiger partial charge in [-0.3, -0.25) is 19.4 Å². The summed E-state index contributed by atoms with van der Waals surface area (Å²) in [5.74, 6) is 0.705. The van der Waals surface area contributed by atoms with Crippen LogP contribution in [0.25, 0.3) is 10.8 Å². The van der Waals surface area contributed by atoms with Crippen molar-refractivity contribution in [3.8, 4) is 0 Å². The van der Waals surface area contributed by atoms with Gasteiger partial charge >= 0.3 is 0 Å². The molecule has 0 N–H and O–H groups in total. The largest absolute Gasteiger partial charge is 0.354 e. The molecule has 1 aromatic heterocycles. The highest BCUT2D eigenvalue weighted by Crippen LogP contribution is 2.30. The van der Waals surface area contributed by atoms with Crippen LogP contribution in [0.3, 0.4) is 0 Å². The van der Waals surface area contributed by atoms with Gasteiger partial charge in [0.05, 0.1) is 0 Å². The molecule has 6 nitrogen and oxygen atoms in total. The predicted octanol–water partition coefficient (Wildman–Crippen LogP) is 3.86. The van der Waals surface area contributed by atoms with Crippen molar-refractivity contribution in [2.24, 2.45) is 0 Å². The predicted molar refractivity (Wildman–Crippen MR) is 129 cm³/mol. The summed E-state index contributed by atoms with van der Waals surface area (Å²) >= 11 is 0. The second kappa shape index (κ2) is 9.67. The summed E-state index contributed by atoms with van der Waals surface area (Å²) in [5, 5.41) is 1.74. The van der Waals surface area contributed by atoms with Crippen LogP contribution in [0.2, 0.25) is 0 Å². The molecule has 2 aliphatic rings. The average Bonchev–Trinajstić information content (AvgIpc) is 2.83. The fourth-order valence-corrected chi connectivity index (χ4v) is 4.63. The highest BCUT2D eigenvalue weighted by atomic mass is 35.5. The number of piperazine rings is 1. The van der Waals surface area contributed by atoms with Gasteiger partial charge in [-0.05, 0) is 49.0 Å². The summed E-state index contributed by atoms with van der Waals surface area (Å²) in [6.07, 6.45) is 3.62. The van der Waals surface area contributed by atoms with Crippen LogP contribution in [0.1, 0.15) is 33.6 Å². The van der Waals surface area contributed by atoms with Gasteiger partial charge in [0.15, 0.2) is 0 Å². The van der Waals surface area contributed by atoms with Gasteiger partial charge in [-0.1, -0.05) is 30.3 Å². The van der Waals surface area contributed by atoms with E-state index >= 15 is 0 Å². The van der Waals surface area contributed by atoms with E-state index in [0.29, 0.717) is 17.7 Å². The molecule has 2 aliphatic heterocycles. The number of amides is 2. The first-order chi connectivity index (χ1) is 15.2. The molecule has 1 fully saturated rings. The third-order valence-corrected chi connectivity index (χ3v) is 6.31. The molecule has 5 rings (SSSR count). The first-order valence-corrected chi connectivity index (χ1v) is 11.0. The zero-order valence-electron chi connectivity index (χ0n) is 17.9. The number of hydrogen-bond acceptors (Lipinski definition) is 5. The zero-order chi connectivity index (χ0) is 21.2. The molecule has 0 saturated carbocycles. The second-order valence-corrected chi connectivity index (χ2v) is 8.19. The van der Waals surface area contributed by atoms with Gasteiger partial charge in [0, 0.05) is 55.4 Å². The van der Waals surface area contributed by atoms with Crippen molar-refractivity contribution >= 4 is 40.8 Å². The minimum atomic E-state index is -0.168. The minimum absolute atomic E-state index is 0. The van der Waals surface area contributed by atoms with E-state index in [1.807, 2.05) is 54.7 Å². The highest BCUT2D eigenvalue weighted by Gasteiger charge is 2.32. The van der Waals surface area contributed by atoms with Crippen LogP contribution in [0, 0.1) is 0 Å². The van der Waals surface area contributed by atoms with Crippen molar-refractivity contribution in [2.75, 3.05) is 44.2 Å². The lowest BCUT2D eigenvalue weighted by molar-refractivity contribution is 0.0606. The van der Waals surface area contributed by atoms with Gasteiger partial charge in [-0.2, -0.15) is 0 Å². The SMILES string of the molecule is Cl.O=C1c2cccc3cccc(c23)C(=O)N1CCCCN1CCN(c2ccccn2)CC1. The van der Waals surface area contributed by atoms with Crippen LogP contribution in [0.4, 0.5) is 5.82 Å². The number of nitrogens with zero attached hydrogens (tertiary/aromatic N) is 4. The average molecular weight is 451 g/mol. The van der Waals surface area contributed by atoms with E-state index in [4.69, 9.17) is 0 Å². The van der Waals surface area contributed by atoms with Gasteiger partial charge in [-0.15, -0.1) is 12.4 Å². The van der Waals surface area contributed by atoms with Crippen molar-refractivity contribution < 1.29 is 9.59 Å². The molecule has 2 amide bonds. The van der Waals surface area contributed by atoms with Gasteiger partial charge < -0.3 is 4.90 Å². The minimum Gasteiger partial charge on any atom is -0.354 e. The molecule has 1 saturated heterocycles. The van der Waals surface area contributed by atoms with Crippen molar-refractivity contribution in [3.05, 3.63) is 71.9 Å². The zero-order valence-corrected chi connectivity index (χ0v) is 18.8. The van der Waals surface area contributed by atoms with Crippen LogP contribution in [-0.4, -0.2) is 65.9 Å². The van der Waals surface area contributed by atoms with Crippen LogP contribution in [0.15, 0.2) is 60.8 Å². The molecule has 7 heteroatoms. The Labute approximate surface area is 194 Å². The number of hydrogen-bond donors (Lipinski definition) is 0. The molecule has 0 bridgehead atoms. The molecule has 0 spiro atoms. The number of halogens is 1. The molecule has 3 aromatic rings. The van der Waals surface area contributed by atoms with Crippen LogP contribution in [0.5, 0.6) is 0 Å². The Kier molecular flexibility index (Phi) is 6.72. The Morgan fingerprint density at radius 2 is 1.41 bits per heavy atom. The second-order valence-electron chi connectivity index (χ2n) is 8.19. The fraction of sp³-hybridized carbons (Fsp3) is 0.320. The third kappa shape index (κ3) is 4.20. The third-order valence-electron chi connectivity index (χ3n) is 6.31. The van der Waals surface area contributed by atoms with Crippen molar-refractivity contribution in [1.82, 2.24) is 14.8 Å². The van der Waals surface area contributed by atoms with Gasteiger partial charge in [-0.25, -0.2) is 4.98 Å². The number of carbonyl (C=O) groups excluding carboxylic acids is 2. The van der Waals surface area contributed by atoms with Gasteiger partial charge in [0.25, 0.3) is 11.8 Å². The fourth-order valence-electron chi connectivity index (χ4n) is 4.63. The van der Waals surface area contributed by atoms with Gasteiger partial charge in [0.1, 0.15) is 5.82 Å². The molecule has 166 valence electrons. The Hall–Kier alpha value is -2.96. The molecule has 2 aromatic carbocycles. The van der Waals surface area contributed by atoms with Crippen LogP contribution < -0.4 is 4.90 Å². The number of rotatable bonds is 6. The monoisotopic (exact) mass is 450 g/mol. The van der Waals surface area contributed by atoms with E-state index in [1.54, 1.807) is 0 Å². The van der Waals surface area contributed by atoms with E-state index < -0.39 is 0 Å². The van der Waals surface area contributed by atoms with Crippen molar-refractivity contribution in [3.63, 3.8) is 0 Å². The number of imide groups is 1. The van der Waals surface area contributed by atoms with Crippen molar-refractivity contribution in [2.45, 2.75) is 12.8 Å². The molecule has 0 radical (unpaired) electrons.